The first-order valence-corrected chi connectivity index (χ1v) is 13.2. The standard InChI is InChI=1S/C29H33FN4O3/c30-29(23-9-6-20(18-31)7-10-23)12-14-34(15-13-29)27(35)22-8-11-25(21-3-1-4-21)26(17-22)33-28(36)32-19-24-5-2-16-37-24/h6-11,17,21,24H,1-5,12-16,19H2,(H2,32,33,36)/t24-/m1/s1. The molecule has 1 atom stereocenters. The smallest absolute Gasteiger partial charge is 0.319 e. The molecule has 0 spiro atoms. The molecule has 2 aromatic rings. The summed E-state index contributed by atoms with van der Waals surface area (Å²) < 4.78 is 21.3. The Labute approximate surface area is 217 Å². The van der Waals surface area contributed by atoms with E-state index in [2.05, 4.69) is 16.7 Å². The summed E-state index contributed by atoms with van der Waals surface area (Å²) in [6.07, 6.45) is 5.70. The van der Waals surface area contributed by atoms with Crippen molar-refractivity contribution in [2.24, 2.45) is 0 Å². The molecule has 1 saturated carbocycles. The number of anilines is 1. The van der Waals surface area contributed by atoms with E-state index in [9.17, 15) is 9.59 Å². The van der Waals surface area contributed by atoms with E-state index in [1.165, 1.54) is 0 Å². The quantitative estimate of drug-likeness (QED) is 0.563. The zero-order valence-electron chi connectivity index (χ0n) is 21.0. The predicted molar refractivity (Wildman–Crippen MR) is 138 cm³/mol. The maximum Gasteiger partial charge on any atom is 0.319 e. The Kier molecular flexibility index (Phi) is 7.43. The Hall–Kier alpha value is -3.44. The summed E-state index contributed by atoms with van der Waals surface area (Å²) in [5, 5.41) is 14.8. The first-order chi connectivity index (χ1) is 17.9. The van der Waals surface area contributed by atoms with Gasteiger partial charge in [-0.05, 0) is 67.0 Å². The number of benzene rings is 2. The van der Waals surface area contributed by atoms with Gasteiger partial charge in [0.15, 0.2) is 0 Å². The van der Waals surface area contributed by atoms with E-state index in [0.717, 1.165) is 44.3 Å². The third kappa shape index (κ3) is 5.62. The third-order valence-electron chi connectivity index (χ3n) is 7.98. The van der Waals surface area contributed by atoms with Crippen LogP contribution in [0.1, 0.15) is 77.9 Å². The summed E-state index contributed by atoms with van der Waals surface area (Å²) in [6, 6.07) is 13.9. The molecule has 3 amide bonds. The molecule has 0 bridgehead atoms. The van der Waals surface area contributed by atoms with Gasteiger partial charge in [0, 0.05) is 50.3 Å². The van der Waals surface area contributed by atoms with E-state index in [-0.39, 0.29) is 30.9 Å². The maximum absolute atomic E-state index is 15.7. The number of rotatable bonds is 6. The highest BCUT2D eigenvalue weighted by Gasteiger charge is 2.38. The second-order valence-corrected chi connectivity index (χ2v) is 10.3. The van der Waals surface area contributed by atoms with E-state index in [0.29, 0.717) is 47.9 Å². The second kappa shape index (κ2) is 10.9. The van der Waals surface area contributed by atoms with Gasteiger partial charge in [0.2, 0.25) is 0 Å². The van der Waals surface area contributed by atoms with Gasteiger partial charge in [-0.2, -0.15) is 5.26 Å². The number of hydrogen-bond acceptors (Lipinski definition) is 4. The van der Waals surface area contributed by atoms with Crippen molar-refractivity contribution in [2.75, 3.05) is 31.6 Å². The van der Waals surface area contributed by atoms with Crippen LogP contribution < -0.4 is 10.6 Å². The average Bonchev–Trinajstić information content (AvgIpc) is 3.41. The molecule has 0 aromatic heterocycles. The van der Waals surface area contributed by atoms with Crippen LogP contribution in [0.25, 0.3) is 0 Å². The lowest BCUT2D eigenvalue weighted by Crippen LogP contribution is -2.43. The average molecular weight is 505 g/mol. The Morgan fingerprint density at radius 3 is 2.46 bits per heavy atom. The number of nitrogens with one attached hydrogen (secondary N) is 2. The molecule has 0 radical (unpaired) electrons. The van der Waals surface area contributed by atoms with Crippen LogP contribution in [-0.4, -0.2) is 49.2 Å². The van der Waals surface area contributed by atoms with Crippen molar-refractivity contribution in [3.05, 3.63) is 64.7 Å². The van der Waals surface area contributed by atoms with Crippen LogP contribution in [0.2, 0.25) is 0 Å². The molecule has 3 fully saturated rings. The maximum atomic E-state index is 15.7. The van der Waals surface area contributed by atoms with Gasteiger partial charge in [0.25, 0.3) is 5.91 Å². The van der Waals surface area contributed by atoms with E-state index in [1.807, 2.05) is 12.1 Å². The Morgan fingerprint density at radius 1 is 1.08 bits per heavy atom. The lowest BCUT2D eigenvalue weighted by molar-refractivity contribution is 0.0421. The van der Waals surface area contributed by atoms with Gasteiger partial charge in [-0.1, -0.05) is 24.6 Å². The number of nitriles is 1. The first-order valence-electron chi connectivity index (χ1n) is 13.2. The third-order valence-corrected chi connectivity index (χ3v) is 7.98. The van der Waals surface area contributed by atoms with Gasteiger partial charge in [-0.15, -0.1) is 0 Å². The number of likely N-dealkylation sites (tertiary alicyclic amines) is 1. The number of carbonyl (C=O) groups excluding carboxylic acids is 2. The van der Waals surface area contributed by atoms with E-state index in [1.54, 1.807) is 35.2 Å². The molecule has 2 aromatic carbocycles. The zero-order valence-corrected chi connectivity index (χ0v) is 21.0. The number of alkyl halides is 1. The topological polar surface area (TPSA) is 94.5 Å². The van der Waals surface area contributed by atoms with Crippen molar-refractivity contribution in [3.8, 4) is 6.07 Å². The van der Waals surface area contributed by atoms with E-state index in [4.69, 9.17) is 10.00 Å². The largest absolute Gasteiger partial charge is 0.376 e. The molecular formula is C29H33FN4O3. The molecule has 0 unspecified atom stereocenters. The number of nitrogens with zero attached hydrogens (tertiary/aromatic N) is 2. The minimum absolute atomic E-state index is 0.0516. The van der Waals surface area contributed by atoms with Gasteiger partial charge >= 0.3 is 6.03 Å². The summed E-state index contributed by atoms with van der Waals surface area (Å²) in [5.74, 6) is 0.219. The lowest BCUT2D eigenvalue weighted by Gasteiger charge is -2.37. The normalized spacial score (nSPS) is 21.1. The van der Waals surface area contributed by atoms with Crippen LogP contribution in [-0.2, 0) is 10.4 Å². The van der Waals surface area contributed by atoms with Crippen LogP contribution in [0.15, 0.2) is 42.5 Å². The number of carbonyl (C=O) groups is 2. The summed E-state index contributed by atoms with van der Waals surface area (Å²) >= 11 is 0. The van der Waals surface area contributed by atoms with Crippen molar-refractivity contribution < 1.29 is 18.7 Å². The van der Waals surface area contributed by atoms with Gasteiger partial charge in [0.1, 0.15) is 5.67 Å². The Morgan fingerprint density at radius 2 is 1.84 bits per heavy atom. The zero-order chi connectivity index (χ0) is 25.8. The van der Waals surface area contributed by atoms with Gasteiger partial charge in [-0.3, -0.25) is 4.79 Å². The number of halogens is 1. The fourth-order valence-corrected chi connectivity index (χ4v) is 5.43. The van der Waals surface area contributed by atoms with Crippen molar-refractivity contribution in [1.82, 2.24) is 10.2 Å². The molecule has 2 aliphatic heterocycles. The van der Waals surface area contributed by atoms with Gasteiger partial charge < -0.3 is 20.3 Å². The first kappa shape index (κ1) is 25.2. The van der Waals surface area contributed by atoms with Crippen LogP contribution in [0.5, 0.6) is 0 Å². The molecule has 8 heteroatoms. The molecule has 7 nitrogen and oxygen atoms in total. The minimum atomic E-state index is -1.52. The summed E-state index contributed by atoms with van der Waals surface area (Å²) in [6.45, 7) is 1.79. The number of urea groups is 1. The van der Waals surface area contributed by atoms with Crippen molar-refractivity contribution >= 4 is 17.6 Å². The minimum Gasteiger partial charge on any atom is -0.376 e. The number of hydrogen-bond donors (Lipinski definition) is 2. The van der Waals surface area contributed by atoms with Crippen molar-refractivity contribution in [3.63, 3.8) is 0 Å². The van der Waals surface area contributed by atoms with Crippen molar-refractivity contribution in [1.29, 1.82) is 5.26 Å². The highest BCUT2D eigenvalue weighted by Crippen LogP contribution is 2.41. The highest BCUT2D eigenvalue weighted by atomic mass is 19.1. The molecule has 37 heavy (non-hydrogen) atoms. The lowest BCUT2D eigenvalue weighted by atomic mass is 9.79. The fraction of sp³-hybridized carbons (Fsp3) is 0.483. The summed E-state index contributed by atoms with van der Waals surface area (Å²) in [4.78, 5) is 27.7. The monoisotopic (exact) mass is 504 g/mol. The molecular weight excluding hydrogens is 471 g/mol. The number of piperidine rings is 1. The summed E-state index contributed by atoms with van der Waals surface area (Å²) in [7, 11) is 0. The highest BCUT2D eigenvalue weighted by molar-refractivity contribution is 5.97. The second-order valence-electron chi connectivity index (χ2n) is 10.3. The van der Waals surface area contributed by atoms with Gasteiger partial charge in [-0.25, -0.2) is 9.18 Å². The Balaban J connectivity index is 1.25. The molecule has 2 heterocycles. The molecule has 2 saturated heterocycles. The van der Waals surface area contributed by atoms with Gasteiger partial charge in [0.05, 0.1) is 17.7 Å². The number of amides is 3. The molecule has 1 aliphatic carbocycles. The van der Waals surface area contributed by atoms with E-state index >= 15 is 4.39 Å². The van der Waals surface area contributed by atoms with Crippen LogP contribution in [0.4, 0.5) is 14.9 Å². The molecule has 194 valence electrons. The Bertz CT molecular complexity index is 1170. The SMILES string of the molecule is N#Cc1ccc(C2(F)CCN(C(=O)c3ccc(C4CCC4)c(NC(=O)NC[C@H]4CCCO4)c3)CC2)cc1. The van der Waals surface area contributed by atoms with Crippen LogP contribution >= 0.6 is 0 Å². The van der Waals surface area contributed by atoms with Crippen LogP contribution in [0, 0.1) is 11.3 Å². The van der Waals surface area contributed by atoms with E-state index < -0.39 is 5.67 Å². The molecule has 3 aliphatic rings. The number of ether oxygens (including phenoxy) is 1. The van der Waals surface area contributed by atoms with Crippen LogP contribution in [0.3, 0.4) is 0 Å². The molecule has 5 rings (SSSR count). The predicted octanol–water partition coefficient (Wildman–Crippen LogP) is 5.23. The fourth-order valence-electron chi connectivity index (χ4n) is 5.43. The molecule has 2 N–H and O–H groups in total. The summed E-state index contributed by atoms with van der Waals surface area (Å²) in [5.41, 5.74) is 1.72. The van der Waals surface area contributed by atoms with Crippen molar-refractivity contribution in [2.45, 2.75) is 62.6 Å².